The Kier molecular flexibility index (Phi) is 3.10. The molecule has 0 fully saturated rings. The molecule has 2 heteroatoms. The molecule has 13 heavy (non-hydrogen) atoms. The van der Waals surface area contributed by atoms with Crippen molar-refractivity contribution in [2.75, 3.05) is 0 Å². The number of allylic oxidation sites excluding steroid dienone is 1. The Morgan fingerprint density at radius 2 is 2.00 bits per heavy atom. The molecule has 0 amide bonds. The number of nitriles is 1. The Balaban J connectivity index is 2.60. The normalized spacial score (nSPS) is 9.15. The molecule has 2 nitrogen and oxygen atoms in total. The Labute approximate surface area is 77.8 Å². The van der Waals surface area contributed by atoms with Gasteiger partial charge in [0.15, 0.2) is 0 Å². The molecule has 0 aliphatic carbocycles. The lowest BCUT2D eigenvalue weighted by Gasteiger charge is -1.99. The first-order valence-electron chi connectivity index (χ1n) is 4.08. The standard InChI is InChI=1S/C11H11NO/c1-9(13)2-3-10-4-6-11(8-12)7-5-10/h4-7,13H,1-3H2. The SMILES string of the molecule is C=C(O)CCc1ccc(C#N)cc1. The van der Waals surface area contributed by atoms with Crippen molar-refractivity contribution in [1.29, 1.82) is 5.26 Å². The van der Waals surface area contributed by atoms with E-state index in [4.69, 9.17) is 10.4 Å². The highest BCUT2D eigenvalue weighted by molar-refractivity contribution is 5.31. The number of hydrogen-bond acceptors (Lipinski definition) is 2. The van der Waals surface area contributed by atoms with Crippen LogP contribution in [-0.2, 0) is 6.42 Å². The van der Waals surface area contributed by atoms with Crippen LogP contribution in [0.4, 0.5) is 0 Å². The molecule has 1 aromatic carbocycles. The molecule has 0 unspecified atom stereocenters. The molecule has 0 saturated carbocycles. The van der Waals surface area contributed by atoms with Crippen LogP contribution in [0.2, 0.25) is 0 Å². The Morgan fingerprint density at radius 3 is 2.46 bits per heavy atom. The van der Waals surface area contributed by atoms with Gasteiger partial charge in [0, 0.05) is 6.42 Å². The van der Waals surface area contributed by atoms with Crippen LogP contribution < -0.4 is 0 Å². The molecule has 0 atom stereocenters. The maximum Gasteiger partial charge on any atom is 0.0991 e. The second-order valence-electron chi connectivity index (χ2n) is 2.87. The van der Waals surface area contributed by atoms with Crippen molar-refractivity contribution in [2.24, 2.45) is 0 Å². The summed E-state index contributed by atoms with van der Waals surface area (Å²) in [5, 5.41) is 17.4. The zero-order valence-corrected chi connectivity index (χ0v) is 7.33. The third-order valence-electron chi connectivity index (χ3n) is 1.79. The average molecular weight is 173 g/mol. The van der Waals surface area contributed by atoms with Crippen LogP contribution >= 0.6 is 0 Å². The van der Waals surface area contributed by atoms with Gasteiger partial charge in [0.1, 0.15) is 0 Å². The highest BCUT2D eigenvalue weighted by Gasteiger charge is 1.95. The predicted molar refractivity (Wildman–Crippen MR) is 51.2 cm³/mol. The van der Waals surface area contributed by atoms with Crippen LogP contribution in [0.15, 0.2) is 36.6 Å². The number of rotatable bonds is 3. The highest BCUT2D eigenvalue weighted by atomic mass is 16.3. The summed E-state index contributed by atoms with van der Waals surface area (Å²) < 4.78 is 0. The number of benzene rings is 1. The second kappa shape index (κ2) is 4.32. The zero-order chi connectivity index (χ0) is 9.68. The monoisotopic (exact) mass is 173 g/mol. The molecule has 0 radical (unpaired) electrons. The fourth-order valence-electron chi connectivity index (χ4n) is 1.03. The molecule has 1 rings (SSSR count). The first-order chi connectivity index (χ1) is 6.22. The number of aryl methyl sites for hydroxylation is 1. The Morgan fingerprint density at radius 1 is 1.38 bits per heavy atom. The molecule has 0 aromatic heterocycles. The van der Waals surface area contributed by atoms with Gasteiger partial charge in [-0.1, -0.05) is 18.7 Å². The van der Waals surface area contributed by atoms with Crippen LogP contribution in [0.3, 0.4) is 0 Å². The molecule has 0 aliphatic rings. The van der Waals surface area contributed by atoms with E-state index in [1.54, 1.807) is 12.1 Å². The van der Waals surface area contributed by atoms with Gasteiger partial charge < -0.3 is 5.11 Å². The lowest BCUT2D eigenvalue weighted by Crippen LogP contribution is -1.87. The van der Waals surface area contributed by atoms with E-state index in [1.165, 1.54) is 0 Å². The molecule has 1 N–H and O–H groups in total. The molecule has 0 saturated heterocycles. The molecule has 0 bridgehead atoms. The van der Waals surface area contributed by atoms with E-state index >= 15 is 0 Å². The lowest BCUT2D eigenvalue weighted by molar-refractivity contribution is 0.391. The van der Waals surface area contributed by atoms with Crippen LogP contribution in [0.1, 0.15) is 17.5 Å². The van der Waals surface area contributed by atoms with Crippen molar-refractivity contribution < 1.29 is 5.11 Å². The molecular formula is C11H11NO. The summed E-state index contributed by atoms with van der Waals surface area (Å²) in [5.74, 6) is 0.198. The number of hydrogen-bond donors (Lipinski definition) is 1. The minimum Gasteiger partial charge on any atom is -0.513 e. The van der Waals surface area contributed by atoms with Crippen molar-refractivity contribution in [3.05, 3.63) is 47.7 Å². The zero-order valence-electron chi connectivity index (χ0n) is 7.33. The van der Waals surface area contributed by atoms with Gasteiger partial charge in [0.25, 0.3) is 0 Å². The third-order valence-corrected chi connectivity index (χ3v) is 1.79. The second-order valence-corrected chi connectivity index (χ2v) is 2.87. The smallest absolute Gasteiger partial charge is 0.0991 e. The average Bonchev–Trinajstić information content (AvgIpc) is 2.15. The fourth-order valence-corrected chi connectivity index (χ4v) is 1.03. The van der Waals surface area contributed by atoms with E-state index in [9.17, 15) is 0 Å². The number of aliphatic hydroxyl groups excluding tert-OH is 1. The van der Waals surface area contributed by atoms with Crippen LogP contribution in [0.5, 0.6) is 0 Å². The Bertz CT molecular complexity index is 332. The quantitative estimate of drug-likeness (QED) is 0.714. The predicted octanol–water partition coefficient (Wildman–Crippen LogP) is 2.56. The van der Waals surface area contributed by atoms with E-state index in [0.717, 1.165) is 12.0 Å². The molecule has 1 aromatic rings. The van der Waals surface area contributed by atoms with E-state index < -0.39 is 0 Å². The van der Waals surface area contributed by atoms with Gasteiger partial charge in [-0.2, -0.15) is 5.26 Å². The lowest BCUT2D eigenvalue weighted by atomic mass is 10.1. The first-order valence-corrected chi connectivity index (χ1v) is 4.08. The van der Waals surface area contributed by atoms with E-state index in [1.807, 2.05) is 12.1 Å². The summed E-state index contributed by atoms with van der Waals surface area (Å²) in [6.45, 7) is 3.41. The van der Waals surface area contributed by atoms with Crippen LogP contribution in [0.25, 0.3) is 0 Å². The largest absolute Gasteiger partial charge is 0.513 e. The Hall–Kier alpha value is -1.75. The topological polar surface area (TPSA) is 44.0 Å². The van der Waals surface area contributed by atoms with Gasteiger partial charge in [0.05, 0.1) is 17.4 Å². The van der Waals surface area contributed by atoms with Crippen LogP contribution in [0, 0.1) is 11.3 Å². The van der Waals surface area contributed by atoms with Crippen molar-refractivity contribution in [1.82, 2.24) is 0 Å². The van der Waals surface area contributed by atoms with Crippen molar-refractivity contribution in [3.63, 3.8) is 0 Å². The maximum absolute atomic E-state index is 8.87. The summed E-state index contributed by atoms with van der Waals surface area (Å²) in [7, 11) is 0. The molecule has 0 spiro atoms. The van der Waals surface area contributed by atoms with E-state index in [-0.39, 0.29) is 5.76 Å². The first kappa shape index (κ1) is 9.34. The maximum atomic E-state index is 8.87. The summed E-state index contributed by atoms with van der Waals surface area (Å²) in [5.41, 5.74) is 1.76. The number of nitrogens with zero attached hydrogens (tertiary/aromatic N) is 1. The number of aliphatic hydroxyl groups is 1. The van der Waals surface area contributed by atoms with Crippen molar-refractivity contribution in [2.45, 2.75) is 12.8 Å². The van der Waals surface area contributed by atoms with Gasteiger partial charge in [0.2, 0.25) is 0 Å². The van der Waals surface area contributed by atoms with Crippen LogP contribution in [-0.4, -0.2) is 5.11 Å². The van der Waals surface area contributed by atoms with Gasteiger partial charge in [-0.15, -0.1) is 0 Å². The summed E-state index contributed by atoms with van der Waals surface area (Å²) in [4.78, 5) is 0. The van der Waals surface area contributed by atoms with E-state index in [0.29, 0.717) is 12.0 Å². The highest BCUT2D eigenvalue weighted by Crippen LogP contribution is 2.07. The fraction of sp³-hybridized carbons (Fsp3) is 0.182. The minimum atomic E-state index is 0.198. The third kappa shape index (κ3) is 3.00. The molecule has 0 aliphatic heterocycles. The molecular weight excluding hydrogens is 162 g/mol. The van der Waals surface area contributed by atoms with Gasteiger partial charge in [-0.25, -0.2) is 0 Å². The summed E-state index contributed by atoms with van der Waals surface area (Å²) >= 11 is 0. The summed E-state index contributed by atoms with van der Waals surface area (Å²) in [6, 6.07) is 9.38. The molecule has 66 valence electrons. The van der Waals surface area contributed by atoms with Gasteiger partial charge in [-0.05, 0) is 24.1 Å². The minimum absolute atomic E-state index is 0.198. The molecule has 0 heterocycles. The van der Waals surface area contributed by atoms with Gasteiger partial charge in [-0.3, -0.25) is 0 Å². The van der Waals surface area contributed by atoms with E-state index in [2.05, 4.69) is 12.6 Å². The van der Waals surface area contributed by atoms with Gasteiger partial charge >= 0.3 is 0 Å². The van der Waals surface area contributed by atoms with Crippen molar-refractivity contribution in [3.8, 4) is 6.07 Å². The summed E-state index contributed by atoms with van der Waals surface area (Å²) in [6.07, 6.45) is 1.34. The van der Waals surface area contributed by atoms with Crippen molar-refractivity contribution >= 4 is 0 Å².